The molecule has 0 saturated carbocycles. The summed E-state index contributed by atoms with van der Waals surface area (Å²) < 4.78 is 26.6. The molecule has 0 aliphatic rings. The summed E-state index contributed by atoms with van der Waals surface area (Å²) in [5.41, 5.74) is 2.96. The third-order valence-electron chi connectivity index (χ3n) is 3.10. The van der Waals surface area contributed by atoms with Crippen LogP contribution in [0.2, 0.25) is 0 Å². The maximum atomic E-state index is 12.6. The Labute approximate surface area is 108 Å². The standard InChI is InChI=1S/C13H23F2N3/c1-5-10-13(9(4)16-7-3)11(6-2)18(17-10)8-12(14)15/h9,12,16H,5-8H2,1-4H3. The third kappa shape index (κ3) is 3.28. The van der Waals surface area contributed by atoms with E-state index in [9.17, 15) is 8.78 Å². The van der Waals surface area contributed by atoms with Crippen molar-refractivity contribution >= 4 is 0 Å². The Kier molecular flexibility index (Phi) is 5.72. The van der Waals surface area contributed by atoms with Gasteiger partial charge in [0, 0.05) is 17.3 Å². The van der Waals surface area contributed by atoms with E-state index in [2.05, 4.69) is 17.3 Å². The molecule has 0 radical (unpaired) electrons. The minimum Gasteiger partial charge on any atom is -0.310 e. The molecule has 104 valence electrons. The van der Waals surface area contributed by atoms with Crippen molar-refractivity contribution in [2.45, 2.75) is 59.5 Å². The number of rotatable bonds is 7. The second kappa shape index (κ2) is 6.83. The molecule has 1 atom stereocenters. The van der Waals surface area contributed by atoms with E-state index in [4.69, 9.17) is 0 Å². The minimum atomic E-state index is -2.36. The molecule has 0 aliphatic carbocycles. The Morgan fingerprint density at radius 3 is 2.33 bits per heavy atom. The molecule has 0 amide bonds. The van der Waals surface area contributed by atoms with Gasteiger partial charge >= 0.3 is 0 Å². The van der Waals surface area contributed by atoms with Crippen LogP contribution < -0.4 is 5.32 Å². The molecule has 0 aliphatic heterocycles. The summed E-state index contributed by atoms with van der Waals surface area (Å²) in [5, 5.41) is 7.68. The fourth-order valence-electron chi connectivity index (χ4n) is 2.39. The van der Waals surface area contributed by atoms with Crippen LogP contribution in [0.3, 0.4) is 0 Å². The van der Waals surface area contributed by atoms with E-state index in [-0.39, 0.29) is 12.6 Å². The van der Waals surface area contributed by atoms with Crippen LogP contribution in [-0.4, -0.2) is 22.8 Å². The van der Waals surface area contributed by atoms with Gasteiger partial charge in [-0.3, -0.25) is 4.68 Å². The van der Waals surface area contributed by atoms with Crippen molar-refractivity contribution in [3.05, 3.63) is 17.0 Å². The van der Waals surface area contributed by atoms with Gasteiger partial charge in [0.2, 0.25) is 0 Å². The first-order chi connectivity index (χ1) is 8.54. The molecule has 18 heavy (non-hydrogen) atoms. The molecule has 0 bridgehead atoms. The average molecular weight is 259 g/mol. The topological polar surface area (TPSA) is 29.9 Å². The minimum absolute atomic E-state index is 0.159. The second-order valence-corrected chi connectivity index (χ2v) is 4.37. The van der Waals surface area contributed by atoms with Gasteiger partial charge in [0.1, 0.15) is 6.54 Å². The predicted octanol–water partition coefficient (Wildman–Crippen LogP) is 2.94. The Bertz CT molecular complexity index is 375. The molecule has 1 aromatic rings. The van der Waals surface area contributed by atoms with Crippen LogP contribution in [0.4, 0.5) is 8.78 Å². The molecular formula is C13H23F2N3. The quantitative estimate of drug-likeness (QED) is 0.816. The highest BCUT2D eigenvalue weighted by atomic mass is 19.3. The molecule has 1 unspecified atom stereocenters. The summed E-state index contributed by atoms with van der Waals surface area (Å²) >= 11 is 0. The van der Waals surface area contributed by atoms with Gasteiger partial charge in [-0.2, -0.15) is 5.10 Å². The van der Waals surface area contributed by atoms with Crippen molar-refractivity contribution in [2.24, 2.45) is 0 Å². The summed E-state index contributed by atoms with van der Waals surface area (Å²) in [6.07, 6.45) is -0.860. The molecule has 0 saturated heterocycles. The Balaban J connectivity index is 3.16. The highest BCUT2D eigenvalue weighted by Crippen LogP contribution is 2.24. The van der Waals surface area contributed by atoms with Crippen LogP contribution in [0.1, 0.15) is 50.7 Å². The number of nitrogens with zero attached hydrogens (tertiary/aromatic N) is 2. The van der Waals surface area contributed by atoms with Crippen molar-refractivity contribution in [1.82, 2.24) is 15.1 Å². The van der Waals surface area contributed by atoms with E-state index in [0.717, 1.165) is 36.3 Å². The van der Waals surface area contributed by atoms with Gasteiger partial charge in [-0.15, -0.1) is 0 Å². The molecule has 0 fully saturated rings. The first kappa shape index (κ1) is 15.1. The van der Waals surface area contributed by atoms with Crippen molar-refractivity contribution < 1.29 is 8.78 Å². The van der Waals surface area contributed by atoms with Gasteiger partial charge in [-0.1, -0.05) is 20.8 Å². The number of aromatic nitrogens is 2. The summed E-state index contributed by atoms with van der Waals surface area (Å²) in [6.45, 7) is 8.64. The zero-order chi connectivity index (χ0) is 13.7. The molecule has 1 aromatic heterocycles. The van der Waals surface area contributed by atoms with Gasteiger partial charge in [-0.25, -0.2) is 8.78 Å². The number of nitrogens with one attached hydrogen (secondary N) is 1. The normalized spacial score (nSPS) is 13.3. The van der Waals surface area contributed by atoms with E-state index in [1.54, 1.807) is 0 Å². The Morgan fingerprint density at radius 2 is 1.89 bits per heavy atom. The molecule has 1 heterocycles. The zero-order valence-electron chi connectivity index (χ0n) is 11.6. The van der Waals surface area contributed by atoms with Gasteiger partial charge < -0.3 is 5.32 Å². The molecule has 0 aromatic carbocycles. The number of hydrogen-bond acceptors (Lipinski definition) is 2. The first-order valence-electron chi connectivity index (χ1n) is 6.64. The number of hydrogen-bond donors (Lipinski definition) is 1. The van der Waals surface area contributed by atoms with Crippen LogP contribution in [0.15, 0.2) is 0 Å². The monoisotopic (exact) mass is 259 g/mol. The van der Waals surface area contributed by atoms with E-state index >= 15 is 0 Å². The maximum Gasteiger partial charge on any atom is 0.257 e. The lowest BCUT2D eigenvalue weighted by atomic mass is 10.0. The van der Waals surface area contributed by atoms with Crippen molar-refractivity contribution in [3.8, 4) is 0 Å². The smallest absolute Gasteiger partial charge is 0.257 e. The largest absolute Gasteiger partial charge is 0.310 e. The van der Waals surface area contributed by atoms with Gasteiger partial charge in [0.25, 0.3) is 6.43 Å². The van der Waals surface area contributed by atoms with Gasteiger partial charge in [-0.05, 0) is 26.3 Å². The van der Waals surface area contributed by atoms with Crippen LogP contribution in [0, 0.1) is 0 Å². The number of halogens is 2. The van der Waals surface area contributed by atoms with Gasteiger partial charge in [0.05, 0.1) is 5.69 Å². The maximum absolute atomic E-state index is 12.6. The molecule has 0 spiro atoms. The van der Waals surface area contributed by atoms with E-state index in [1.807, 2.05) is 20.8 Å². The Hall–Kier alpha value is -0.970. The summed E-state index contributed by atoms with van der Waals surface area (Å²) in [5.74, 6) is 0. The molecule has 3 nitrogen and oxygen atoms in total. The van der Waals surface area contributed by atoms with E-state index in [0.29, 0.717) is 0 Å². The van der Waals surface area contributed by atoms with Crippen LogP contribution in [0.25, 0.3) is 0 Å². The van der Waals surface area contributed by atoms with Gasteiger partial charge in [0.15, 0.2) is 0 Å². The number of aryl methyl sites for hydroxylation is 1. The second-order valence-electron chi connectivity index (χ2n) is 4.37. The zero-order valence-corrected chi connectivity index (χ0v) is 11.6. The molecular weight excluding hydrogens is 236 g/mol. The Morgan fingerprint density at radius 1 is 1.22 bits per heavy atom. The van der Waals surface area contributed by atoms with Crippen molar-refractivity contribution in [3.63, 3.8) is 0 Å². The fraction of sp³-hybridized carbons (Fsp3) is 0.769. The van der Waals surface area contributed by atoms with E-state index in [1.165, 1.54) is 4.68 Å². The highest BCUT2D eigenvalue weighted by molar-refractivity contribution is 5.30. The SMILES string of the molecule is CCNC(C)c1c(CC)nn(CC(F)F)c1CC. The summed E-state index contributed by atoms with van der Waals surface area (Å²) in [4.78, 5) is 0. The van der Waals surface area contributed by atoms with Crippen molar-refractivity contribution in [2.75, 3.05) is 6.54 Å². The van der Waals surface area contributed by atoms with Crippen LogP contribution in [-0.2, 0) is 19.4 Å². The first-order valence-corrected chi connectivity index (χ1v) is 6.64. The van der Waals surface area contributed by atoms with Crippen molar-refractivity contribution in [1.29, 1.82) is 0 Å². The lowest BCUT2D eigenvalue weighted by Crippen LogP contribution is -2.20. The highest BCUT2D eigenvalue weighted by Gasteiger charge is 2.21. The molecule has 5 heteroatoms. The summed E-state index contributed by atoms with van der Waals surface area (Å²) in [7, 11) is 0. The van der Waals surface area contributed by atoms with Crippen LogP contribution >= 0.6 is 0 Å². The third-order valence-corrected chi connectivity index (χ3v) is 3.10. The predicted molar refractivity (Wildman–Crippen MR) is 69.1 cm³/mol. The number of alkyl halides is 2. The lowest BCUT2D eigenvalue weighted by molar-refractivity contribution is 0.120. The lowest BCUT2D eigenvalue weighted by Gasteiger charge is -2.15. The molecule has 1 rings (SSSR count). The summed E-state index contributed by atoms with van der Waals surface area (Å²) in [6, 6.07) is 0.159. The fourth-order valence-corrected chi connectivity index (χ4v) is 2.39. The van der Waals surface area contributed by atoms with Crippen LogP contribution in [0.5, 0.6) is 0 Å². The molecule has 1 N–H and O–H groups in total. The average Bonchev–Trinajstić information content (AvgIpc) is 2.66. The van der Waals surface area contributed by atoms with E-state index < -0.39 is 6.43 Å².